The van der Waals surface area contributed by atoms with Crippen molar-refractivity contribution >= 4 is 50.9 Å². The average Bonchev–Trinajstić information content (AvgIpc) is 3.14. The van der Waals surface area contributed by atoms with E-state index in [-0.39, 0.29) is 11.5 Å². The second-order valence-corrected chi connectivity index (χ2v) is 10.6. The Morgan fingerprint density at radius 1 is 1.03 bits per heavy atom. The lowest BCUT2D eigenvalue weighted by Gasteiger charge is -2.20. The van der Waals surface area contributed by atoms with Crippen LogP contribution in [0.25, 0.3) is 0 Å². The van der Waals surface area contributed by atoms with Gasteiger partial charge in [-0.15, -0.1) is 0 Å². The number of benzene rings is 3. The van der Waals surface area contributed by atoms with Crippen molar-refractivity contribution in [1.29, 1.82) is 5.26 Å². The molecule has 0 bridgehead atoms. The number of carbonyl (C=O) groups excluding carboxylic acids is 2. The van der Waals surface area contributed by atoms with Crippen LogP contribution in [0.2, 0.25) is 0 Å². The second kappa shape index (κ2) is 10.5. The van der Waals surface area contributed by atoms with E-state index in [2.05, 4.69) is 27.3 Å². The Morgan fingerprint density at radius 3 is 2.34 bits per heavy atom. The molecule has 0 radical (unpaired) electrons. The van der Waals surface area contributed by atoms with E-state index in [1.54, 1.807) is 12.1 Å². The molecule has 7 heteroatoms. The first-order valence-electron chi connectivity index (χ1n) is 11.1. The molecule has 3 aromatic carbocycles. The first-order valence-corrected chi connectivity index (χ1v) is 12.8. The van der Waals surface area contributed by atoms with Gasteiger partial charge in [0, 0.05) is 15.8 Å². The Labute approximate surface area is 218 Å². The molecule has 0 saturated carbocycles. The number of hydrogen-bond donors (Lipinski definition) is 1. The molecule has 2 amide bonds. The Bertz CT molecular complexity index is 1360. The molecule has 1 atom stereocenters. The number of thioether (sulfide) groups is 1. The highest BCUT2D eigenvalue weighted by Gasteiger charge is 2.41. The van der Waals surface area contributed by atoms with Gasteiger partial charge in [-0.05, 0) is 80.3 Å². The van der Waals surface area contributed by atoms with Crippen molar-refractivity contribution in [2.24, 2.45) is 0 Å². The van der Waals surface area contributed by atoms with Crippen molar-refractivity contribution in [3.63, 3.8) is 0 Å². The van der Waals surface area contributed by atoms with Gasteiger partial charge in [0.25, 0.3) is 5.91 Å². The number of rotatable bonds is 5. The fourth-order valence-electron chi connectivity index (χ4n) is 3.75. The Hall–Kier alpha value is -3.34. The normalized spacial score (nSPS) is 16.7. The molecule has 0 spiro atoms. The molecule has 1 saturated heterocycles. The van der Waals surface area contributed by atoms with Crippen molar-refractivity contribution in [1.82, 2.24) is 0 Å². The molecule has 1 N–H and O–H groups in total. The van der Waals surface area contributed by atoms with Crippen LogP contribution in [0.5, 0.6) is 0 Å². The SMILES string of the molecule is Cc1ccc(NC(=O)/C(C#N)=C2\SC(Cc3ccc(Br)cc3)C(=O)N2c2ccc(C)c(C)c2)cc1. The van der Waals surface area contributed by atoms with Gasteiger partial charge in [0.05, 0.1) is 5.25 Å². The van der Waals surface area contributed by atoms with E-state index >= 15 is 0 Å². The molecule has 1 aliphatic heterocycles. The highest BCUT2D eigenvalue weighted by atomic mass is 79.9. The molecule has 5 nitrogen and oxygen atoms in total. The Kier molecular flexibility index (Phi) is 7.44. The van der Waals surface area contributed by atoms with Crippen LogP contribution in [0.1, 0.15) is 22.3 Å². The number of aryl methyl sites for hydroxylation is 3. The van der Waals surface area contributed by atoms with Crippen LogP contribution in [-0.2, 0) is 16.0 Å². The fourth-order valence-corrected chi connectivity index (χ4v) is 5.32. The summed E-state index contributed by atoms with van der Waals surface area (Å²) >= 11 is 4.71. The number of amides is 2. The van der Waals surface area contributed by atoms with E-state index in [1.165, 1.54) is 16.7 Å². The minimum Gasteiger partial charge on any atom is -0.321 e. The number of hydrogen-bond acceptors (Lipinski definition) is 4. The van der Waals surface area contributed by atoms with Gasteiger partial charge in [-0.25, -0.2) is 0 Å². The zero-order valence-electron chi connectivity index (χ0n) is 19.6. The van der Waals surface area contributed by atoms with Crippen molar-refractivity contribution in [3.8, 4) is 6.07 Å². The quantitative estimate of drug-likeness (QED) is 0.295. The van der Waals surface area contributed by atoms with Gasteiger partial charge in [-0.3, -0.25) is 14.5 Å². The maximum atomic E-state index is 13.6. The molecule has 1 aliphatic rings. The Morgan fingerprint density at radius 2 is 1.71 bits per heavy atom. The summed E-state index contributed by atoms with van der Waals surface area (Å²) < 4.78 is 0.962. The molecular formula is C28H24BrN3O2S. The first-order chi connectivity index (χ1) is 16.8. The van der Waals surface area contributed by atoms with Crippen molar-refractivity contribution < 1.29 is 9.59 Å². The van der Waals surface area contributed by atoms with Crippen LogP contribution in [-0.4, -0.2) is 17.1 Å². The molecule has 0 aliphatic carbocycles. The third kappa shape index (κ3) is 5.50. The van der Waals surface area contributed by atoms with Gasteiger partial charge in [0.15, 0.2) is 0 Å². The third-order valence-corrected chi connectivity index (χ3v) is 7.69. The highest BCUT2D eigenvalue weighted by Crippen LogP contribution is 2.42. The highest BCUT2D eigenvalue weighted by molar-refractivity contribution is 9.10. The van der Waals surface area contributed by atoms with Gasteiger partial charge in [-0.2, -0.15) is 5.26 Å². The number of halogens is 1. The van der Waals surface area contributed by atoms with Crippen molar-refractivity contribution in [2.45, 2.75) is 32.4 Å². The summed E-state index contributed by atoms with van der Waals surface area (Å²) in [5.74, 6) is -0.683. The van der Waals surface area contributed by atoms with Gasteiger partial charge in [-0.1, -0.05) is 63.6 Å². The number of nitrogens with one attached hydrogen (secondary N) is 1. The average molecular weight is 546 g/mol. The monoisotopic (exact) mass is 545 g/mol. The van der Waals surface area contributed by atoms with Crippen LogP contribution in [0, 0.1) is 32.1 Å². The summed E-state index contributed by atoms with van der Waals surface area (Å²) in [6.45, 7) is 5.94. The topological polar surface area (TPSA) is 73.2 Å². The van der Waals surface area contributed by atoms with Gasteiger partial charge in [0.2, 0.25) is 5.91 Å². The van der Waals surface area contributed by atoms with E-state index in [1.807, 2.05) is 75.4 Å². The zero-order valence-corrected chi connectivity index (χ0v) is 22.0. The second-order valence-electron chi connectivity index (χ2n) is 8.49. The lowest BCUT2D eigenvalue weighted by Crippen LogP contribution is -2.31. The molecule has 4 rings (SSSR count). The van der Waals surface area contributed by atoms with E-state index in [0.29, 0.717) is 22.8 Å². The van der Waals surface area contributed by atoms with E-state index < -0.39 is 11.2 Å². The standard InChI is InChI=1S/C28H24BrN3O2S/c1-17-4-11-22(12-5-17)31-26(33)24(16-30)28-32(23-13-6-18(2)19(3)14-23)27(34)25(35-28)15-20-7-9-21(29)10-8-20/h4-14,25H,15H2,1-3H3,(H,31,33)/b28-24-. The van der Waals surface area contributed by atoms with Crippen LogP contribution >= 0.6 is 27.7 Å². The van der Waals surface area contributed by atoms with E-state index in [9.17, 15) is 14.9 Å². The van der Waals surface area contributed by atoms with Crippen LogP contribution in [0.15, 0.2) is 81.8 Å². The molecule has 1 heterocycles. The minimum atomic E-state index is -0.537. The van der Waals surface area contributed by atoms with Crippen molar-refractivity contribution in [2.75, 3.05) is 10.2 Å². The maximum absolute atomic E-state index is 13.6. The largest absolute Gasteiger partial charge is 0.321 e. The Balaban J connectivity index is 1.74. The third-order valence-electron chi connectivity index (χ3n) is 5.90. The summed E-state index contributed by atoms with van der Waals surface area (Å²) in [5, 5.41) is 12.7. The summed E-state index contributed by atoms with van der Waals surface area (Å²) in [5.41, 5.74) is 5.35. The molecule has 1 unspecified atom stereocenters. The fraction of sp³-hybridized carbons (Fsp3) is 0.179. The molecular weight excluding hydrogens is 522 g/mol. The molecule has 35 heavy (non-hydrogen) atoms. The van der Waals surface area contributed by atoms with Gasteiger partial charge < -0.3 is 5.32 Å². The summed E-state index contributed by atoms with van der Waals surface area (Å²) in [4.78, 5) is 28.3. The maximum Gasteiger partial charge on any atom is 0.269 e. The molecule has 3 aromatic rings. The van der Waals surface area contributed by atoms with Crippen molar-refractivity contribution in [3.05, 3.63) is 104 Å². The van der Waals surface area contributed by atoms with E-state index in [4.69, 9.17) is 0 Å². The smallest absolute Gasteiger partial charge is 0.269 e. The summed E-state index contributed by atoms with van der Waals surface area (Å²) in [6, 6.07) is 22.9. The first kappa shape index (κ1) is 24.8. The lowest BCUT2D eigenvalue weighted by molar-refractivity contribution is -0.117. The van der Waals surface area contributed by atoms with Crippen LogP contribution < -0.4 is 10.2 Å². The van der Waals surface area contributed by atoms with E-state index in [0.717, 1.165) is 26.7 Å². The zero-order chi connectivity index (χ0) is 25.1. The number of nitrogens with zero attached hydrogens (tertiary/aromatic N) is 2. The van der Waals surface area contributed by atoms with Gasteiger partial charge >= 0.3 is 0 Å². The lowest BCUT2D eigenvalue weighted by atomic mass is 10.1. The summed E-state index contributed by atoms with van der Waals surface area (Å²) in [7, 11) is 0. The molecule has 0 aromatic heterocycles. The van der Waals surface area contributed by atoms with Gasteiger partial charge in [0.1, 0.15) is 16.7 Å². The number of anilines is 2. The molecule has 176 valence electrons. The predicted octanol–water partition coefficient (Wildman–Crippen LogP) is 6.44. The van der Waals surface area contributed by atoms with Crippen LogP contribution in [0.4, 0.5) is 11.4 Å². The minimum absolute atomic E-state index is 0.0829. The molecule has 1 fully saturated rings. The predicted molar refractivity (Wildman–Crippen MR) is 145 cm³/mol. The van der Waals surface area contributed by atoms with Crippen LogP contribution in [0.3, 0.4) is 0 Å². The summed E-state index contributed by atoms with van der Waals surface area (Å²) in [6.07, 6.45) is 0.486. The number of nitriles is 1. The number of carbonyl (C=O) groups is 2.